The van der Waals surface area contributed by atoms with Crippen LogP contribution < -0.4 is 10.1 Å². The third kappa shape index (κ3) is 7.14. The lowest BCUT2D eigenvalue weighted by Crippen LogP contribution is -2.28. The summed E-state index contributed by atoms with van der Waals surface area (Å²) in [4.78, 5) is 11.8. The SMILES string of the molecule is Cc1ccccc1OCC(=O)NCc1ccc(COCC(F)(F)F)cc1. The summed E-state index contributed by atoms with van der Waals surface area (Å²) in [5.41, 5.74) is 2.41. The molecule has 0 radical (unpaired) electrons. The average Bonchev–Trinajstić information content (AvgIpc) is 2.59. The normalized spacial score (nSPS) is 11.2. The summed E-state index contributed by atoms with van der Waals surface area (Å²) in [5, 5.41) is 2.73. The van der Waals surface area contributed by atoms with Crippen LogP contribution in [0.3, 0.4) is 0 Å². The molecule has 0 aliphatic rings. The number of carbonyl (C=O) groups excluding carboxylic acids is 1. The van der Waals surface area contributed by atoms with Crippen LogP contribution in [0.2, 0.25) is 0 Å². The number of hydrogen-bond donors (Lipinski definition) is 1. The second kappa shape index (κ2) is 9.24. The van der Waals surface area contributed by atoms with Gasteiger partial charge in [-0.3, -0.25) is 4.79 Å². The van der Waals surface area contributed by atoms with Crippen LogP contribution >= 0.6 is 0 Å². The molecule has 0 aliphatic heterocycles. The van der Waals surface area contributed by atoms with Crippen molar-refractivity contribution < 1.29 is 27.4 Å². The molecule has 2 aromatic rings. The third-order valence-electron chi connectivity index (χ3n) is 3.50. The molecule has 0 heterocycles. The van der Waals surface area contributed by atoms with Crippen molar-refractivity contribution in [3.05, 3.63) is 65.2 Å². The molecule has 1 amide bonds. The molecule has 0 fully saturated rings. The Morgan fingerprint density at radius 1 is 1.04 bits per heavy atom. The van der Waals surface area contributed by atoms with Gasteiger partial charge in [0.2, 0.25) is 0 Å². The van der Waals surface area contributed by atoms with Gasteiger partial charge in [-0.2, -0.15) is 13.2 Å². The zero-order chi connectivity index (χ0) is 19.0. The molecular formula is C19H20F3NO3. The van der Waals surface area contributed by atoms with Crippen LogP contribution in [0.5, 0.6) is 5.75 Å². The summed E-state index contributed by atoms with van der Waals surface area (Å²) < 4.78 is 46.1. The number of rotatable bonds is 8. The maximum absolute atomic E-state index is 12.0. The molecule has 0 spiro atoms. The minimum atomic E-state index is -4.33. The van der Waals surface area contributed by atoms with E-state index in [1.54, 1.807) is 30.3 Å². The van der Waals surface area contributed by atoms with Crippen LogP contribution in [0, 0.1) is 6.92 Å². The second-order valence-electron chi connectivity index (χ2n) is 5.76. The second-order valence-corrected chi connectivity index (χ2v) is 5.76. The number of carbonyl (C=O) groups is 1. The fraction of sp³-hybridized carbons (Fsp3) is 0.316. The summed E-state index contributed by atoms with van der Waals surface area (Å²) in [5.74, 6) is 0.400. The highest BCUT2D eigenvalue weighted by molar-refractivity contribution is 5.77. The molecule has 2 aromatic carbocycles. The first-order valence-corrected chi connectivity index (χ1v) is 8.01. The van der Waals surface area contributed by atoms with Gasteiger partial charge in [0.1, 0.15) is 12.4 Å². The predicted octanol–water partition coefficient (Wildman–Crippen LogP) is 3.77. The van der Waals surface area contributed by atoms with Crippen molar-refractivity contribution in [2.75, 3.05) is 13.2 Å². The van der Waals surface area contributed by atoms with Crippen LogP contribution in [-0.2, 0) is 22.7 Å². The minimum Gasteiger partial charge on any atom is -0.484 e. The summed E-state index contributed by atoms with van der Waals surface area (Å²) in [6.07, 6.45) is -4.33. The quantitative estimate of drug-likeness (QED) is 0.773. The smallest absolute Gasteiger partial charge is 0.411 e. The number of amides is 1. The molecule has 0 aliphatic carbocycles. The van der Waals surface area contributed by atoms with E-state index >= 15 is 0 Å². The summed E-state index contributed by atoms with van der Waals surface area (Å²) >= 11 is 0. The number of hydrogen-bond acceptors (Lipinski definition) is 3. The number of ether oxygens (including phenoxy) is 2. The van der Waals surface area contributed by atoms with Crippen molar-refractivity contribution in [1.29, 1.82) is 0 Å². The van der Waals surface area contributed by atoms with Gasteiger partial charge in [-0.25, -0.2) is 0 Å². The molecule has 0 bridgehead atoms. The zero-order valence-corrected chi connectivity index (χ0v) is 14.3. The Kier molecular flexibility index (Phi) is 7.03. The van der Waals surface area contributed by atoms with Gasteiger partial charge < -0.3 is 14.8 Å². The maximum Gasteiger partial charge on any atom is 0.411 e. The van der Waals surface area contributed by atoms with Gasteiger partial charge in [0.15, 0.2) is 6.61 Å². The molecule has 0 aromatic heterocycles. The van der Waals surface area contributed by atoms with E-state index in [0.29, 0.717) is 17.9 Å². The van der Waals surface area contributed by atoms with Crippen molar-refractivity contribution in [3.8, 4) is 5.75 Å². The van der Waals surface area contributed by atoms with Crippen LogP contribution in [-0.4, -0.2) is 25.3 Å². The average molecular weight is 367 g/mol. The lowest BCUT2D eigenvalue weighted by atomic mass is 10.1. The van der Waals surface area contributed by atoms with Crippen molar-refractivity contribution in [3.63, 3.8) is 0 Å². The van der Waals surface area contributed by atoms with Crippen molar-refractivity contribution in [1.82, 2.24) is 5.32 Å². The van der Waals surface area contributed by atoms with E-state index in [-0.39, 0.29) is 19.1 Å². The summed E-state index contributed by atoms with van der Waals surface area (Å²) in [6.45, 7) is 0.725. The van der Waals surface area contributed by atoms with Gasteiger partial charge in [0.05, 0.1) is 6.61 Å². The lowest BCUT2D eigenvalue weighted by molar-refractivity contribution is -0.176. The first-order valence-electron chi connectivity index (χ1n) is 8.01. The molecule has 0 saturated heterocycles. The topological polar surface area (TPSA) is 47.6 Å². The first-order chi connectivity index (χ1) is 12.3. The van der Waals surface area contributed by atoms with Crippen LogP contribution in [0.1, 0.15) is 16.7 Å². The highest BCUT2D eigenvalue weighted by atomic mass is 19.4. The molecule has 0 saturated carbocycles. The van der Waals surface area contributed by atoms with Gasteiger partial charge in [-0.15, -0.1) is 0 Å². The van der Waals surface area contributed by atoms with E-state index in [0.717, 1.165) is 11.1 Å². The van der Waals surface area contributed by atoms with Crippen LogP contribution in [0.4, 0.5) is 13.2 Å². The van der Waals surface area contributed by atoms with E-state index in [1.807, 2.05) is 25.1 Å². The summed E-state index contributed by atoms with van der Waals surface area (Å²) in [6, 6.07) is 14.2. The Hall–Kier alpha value is -2.54. The number of aryl methyl sites for hydroxylation is 1. The van der Waals surface area contributed by atoms with Crippen molar-refractivity contribution in [2.45, 2.75) is 26.3 Å². The largest absolute Gasteiger partial charge is 0.484 e. The van der Waals surface area contributed by atoms with Gasteiger partial charge in [0.25, 0.3) is 5.91 Å². The molecule has 0 atom stereocenters. The van der Waals surface area contributed by atoms with Gasteiger partial charge >= 0.3 is 6.18 Å². The number of nitrogens with one attached hydrogen (secondary N) is 1. The zero-order valence-electron chi connectivity index (χ0n) is 14.3. The molecule has 26 heavy (non-hydrogen) atoms. The van der Waals surface area contributed by atoms with E-state index < -0.39 is 12.8 Å². The molecule has 2 rings (SSSR count). The predicted molar refractivity (Wildman–Crippen MR) is 90.7 cm³/mol. The van der Waals surface area contributed by atoms with E-state index in [2.05, 4.69) is 10.1 Å². The number of halogens is 3. The number of benzene rings is 2. The van der Waals surface area contributed by atoms with E-state index in [9.17, 15) is 18.0 Å². The maximum atomic E-state index is 12.0. The Balaban J connectivity index is 1.72. The molecule has 140 valence electrons. The molecule has 7 heteroatoms. The molecule has 0 unspecified atom stereocenters. The fourth-order valence-electron chi connectivity index (χ4n) is 2.15. The van der Waals surface area contributed by atoms with Gasteiger partial charge in [0, 0.05) is 6.54 Å². The van der Waals surface area contributed by atoms with E-state index in [1.165, 1.54) is 0 Å². The van der Waals surface area contributed by atoms with Crippen LogP contribution in [0.15, 0.2) is 48.5 Å². The first kappa shape index (κ1) is 19.8. The lowest BCUT2D eigenvalue weighted by Gasteiger charge is -2.10. The highest BCUT2D eigenvalue weighted by Crippen LogP contribution is 2.16. The van der Waals surface area contributed by atoms with Crippen molar-refractivity contribution in [2.24, 2.45) is 0 Å². The van der Waals surface area contributed by atoms with Gasteiger partial charge in [-0.1, -0.05) is 42.5 Å². The molecule has 1 N–H and O–H groups in total. The Morgan fingerprint density at radius 2 is 1.69 bits per heavy atom. The minimum absolute atomic E-state index is 0.0891. The molecule has 4 nitrogen and oxygen atoms in total. The third-order valence-corrected chi connectivity index (χ3v) is 3.50. The number of alkyl halides is 3. The number of para-hydroxylation sites is 1. The monoisotopic (exact) mass is 367 g/mol. The Labute approximate surface area is 149 Å². The van der Waals surface area contributed by atoms with E-state index in [4.69, 9.17) is 4.74 Å². The summed E-state index contributed by atoms with van der Waals surface area (Å²) in [7, 11) is 0. The van der Waals surface area contributed by atoms with Crippen LogP contribution in [0.25, 0.3) is 0 Å². The van der Waals surface area contributed by atoms with Crippen molar-refractivity contribution >= 4 is 5.91 Å². The van der Waals surface area contributed by atoms with Gasteiger partial charge in [-0.05, 0) is 29.7 Å². The molecular weight excluding hydrogens is 347 g/mol. The standard InChI is InChI=1S/C19H20F3NO3/c1-14-4-2-3-5-17(14)26-12-18(24)23-10-15-6-8-16(9-7-15)11-25-13-19(20,21)22/h2-9H,10-13H2,1H3,(H,23,24). The Morgan fingerprint density at radius 3 is 2.35 bits per heavy atom. The Bertz CT molecular complexity index is 715. The fourth-order valence-corrected chi connectivity index (χ4v) is 2.15. The highest BCUT2D eigenvalue weighted by Gasteiger charge is 2.27.